The van der Waals surface area contributed by atoms with Gasteiger partial charge >= 0.3 is 0 Å². The van der Waals surface area contributed by atoms with Crippen LogP contribution in [0.15, 0.2) is 53.1 Å². The maximum Gasteiger partial charge on any atom is 0.249 e. The molecule has 0 aliphatic heterocycles. The number of hydrogen-bond acceptors (Lipinski definition) is 4. The van der Waals surface area contributed by atoms with Crippen LogP contribution in [0, 0.1) is 5.82 Å². The second-order valence-corrected chi connectivity index (χ2v) is 6.12. The summed E-state index contributed by atoms with van der Waals surface area (Å²) in [5.41, 5.74) is 0.526. The lowest BCUT2D eigenvalue weighted by molar-refractivity contribution is -0.111. The van der Waals surface area contributed by atoms with Gasteiger partial charge < -0.3 is 9.73 Å². The number of halogens is 2. The van der Waals surface area contributed by atoms with Crippen molar-refractivity contribution < 1.29 is 18.4 Å². The number of anilines is 1. The molecular weight excluding hydrogens is 373 g/mol. The monoisotopic (exact) mass is 387 g/mol. The third kappa shape index (κ3) is 4.92. The molecule has 3 aromatic rings. The fourth-order valence-electron chi connectivity index (χ4n) is 2.30. The van der Waals surface area contributed by atoms with Gasteiger partial charge in [-0.05, 0) is 35.9 Å². The molecule has 0 fully saturated rings. The van der Waals surface area contributed by atoms with E-state index in [1.54, 1.807) is 29.1 Å². The Morgan fingerprint density at radius 2 is 2.11 bits per heavy atom. The molecule has 0 aliphatic carbocycles. The van der Waals surface area contributed by atoms with E-state index in [9.17, 15) is 14.0 Å². The van der Waals surface area contributed by atoms with Crippen LogP contribution in [0.2, 0.25) is 5.02 Å². The molecule has 27 heavy (non-hydrogen) atoms. The Labute approximate surface area is 159 Å². The third-order valence-corrected chi connectivity index (χ3v) is 3.92. The fourth-order valence-corrected chi connectivity index (χ4v) is 2.53. The second-order valence-electron chi connectivity index (χ2n) is 5.71. The molecule has 0 saturated carbocycles. The standard InChI is InChI=1S/C19H15ClFN3O3/c1-12(25)17-6-5-15(27-17)11-24-9-8-18(23-24)22-19(26)7-3-13-2-4-14(21)10-16(13)20/h2-10H,11H2,1H3,(H,22,23,26)/b7-3-. The lowest BCUT2D eigenvalue weighted by Crippen LogP contribution is -2.09. The SMILES string of the molecule is CC(=O)c1ccc(Cn2ccc(NC(=O)/C=C\c3ccc(F)cc3Cl)n2)o1. The number of benzene rings is 1. The molecule has 2 aromatic heterocycles. The number of nitrogens with one attached hydrogen (secondary N) is 1. The van der Waals surface area contributed by atoms with Crippen molar-refractivity contribution in [2.24, 2.45) is 0 Å². The van der Waals surface area contributed by atoms with Gasteiger partial charge in [0.05, 0.1) is 11.6 Å². The average Bonchev–Trinajstić information content (AvgIpc) is 3.24. The van der Waals surface area contributed by atoms with Gasteiger partial charge in [0.2, 0.25) is 5.91 Å². The van der Waals surface area contributed by atoms with Crippen molar-refractivity contribution in [3.05, 3.63) is 76.6 Å². The molecule has 138 valence electrons. The molecule has 0 spiro atoms. The molecule has 0 radical (unpaired) electrons. The first-order chi connectivity index (χ1) is 12.9. The Bertz CT molecular complexity index is 1020. The smallest absolute Gasteiger partial charge is 0.249 e. The molecule has 1 aromatic carbocycles. The first kappa shape index (κ1) is 18.6. The maximum atomic E-state index is 13.0. The van der Waals surface area contributed by atoms with Crippen molar-refractivity contribution in [2.45, 2.75) is 13.5 Å². The highest BCUT2D eigenvalue weighted by molar-refractivity contribution is 6.32. The van der Waals surface area contributed by atoms with Gasteiger partial charge in [-0.1, -0.05) is 17.7 Å². The maximum absolute atomic E-state index is 13.0. The van der Waals surface area contributed by atoms with E-state index in [0.717, 1.165) is 0 Å². The van der Waals surface area contributed by atoms with Crippen LogP contribution in [0.3, 0.4) is 0 Å². The second kappa shape index (κ2) is 8.01. The molecule has 1 amide bonds. The van der Waals surface area contributed by atoms with E-state index in [0.29, 0.717) is 23.7 Å². The largest absolute Gasteiger partial charge is 0.456 e. The van der Waals surface area contributed by atoms with Gasteiger partial charge in [-0.15, -0.1) is 0 Å². The van der Waals surface area contributed by atoms with Crippen LogP contribution in [0.5, 0.6) is 0 Å². The Balaban J connectivity index is 1.60. The lowest BCUT2D eigenvalue weighted by atomic mass is 10.2. The van der Waals surface area contributed by atoms with Crippen molar-refractivity contribution in [2.75, 3.05) is 5.32 Å². The van der Waals surface area contributed by atoms with E-state index >= 15 is 0 Å². The normalized spacial score (nSPS) is 11.1. The van der Waals surface area contributed by atoms with Crippen molar-refractivity contribution in [1.29, 1.82) is 0 Å². The summed E-state index contributed by atoms with van der Waals surface area (Å²) in [4.78, 5) is 23.2. The van der Waals surface area contributed by atoms with E-state index in [-0.39, 0.29) is 16.6 Å². The van der Waals surface area contributed by atoms with Crippen LogP contribution >= 0.6 is 11.6 Å². The number of aromatic nitrogens is 2. The zero-order chi connectivity index (χ0) is 19.4. The molecule has 6 nitrogen and oxygen atoms in total. The quantitative estimate of drug-likeness (QED) is 0.508. The zero-order valence-electron chi connectivity index (χ0n) is 14.3. The highest BCUT2D eigenvalue weighted by Gasteiger charge is 2.08. The van der Waals surface area contributed by atoms with Gasteiger partial charge in [0.15, 0.2) is 17.4 Å². The fraction of sp³-hybridized carbons (Fsp3) is 0.105. The molecule has 0 atom stereocenters. The highest BCUT2D eigenvalue weighted by atomic mass is 35.5. The average molecular weight is 388 g/mol. The van der Waals surface area contributed by atoms with Gasteiger partial charge in [-0.2, -0.15) is 5.10 Å². The van der Waals surface area contributed by atoms with Gasteiger partial charge in [0.25, 0.3) is 0 Å². The minimum absolute atomic E-state index is 0.150. The molecule has 3 rings (SSSR count). The summed E-state index contributed by atoms with van der Waals surface area (Å²) in [7, 11) is 0. The minimum Gasteiger partial charge on any atom is -0.456 e. The van der Waals surface area contributed by atoms with E-state index in [1.165, 1.54) is 37.3 Å². The van der Waals surface area contributed by atoms with Crippen LogP contribution in [-0.4, -0.2) is 21.5 Å². The van der Waals surface area contributed by atoms with Crippen LogP contribution in [0.25, 0.3) is 6.08 Å². The Morgan fingerprint density at radius 3 is 2.81 bits per heavy atom. The predicted molar refractivity (Wildman–Crippen MR) is 99.1 cm³/mol. The van der Waals surface area contributed by atoms with E-state index in [2.05, 4.69) is 10.4 Å². The first-order valence-corrected chi connectivity index (χ1v) is 8.36. The molecular formula is C19H15ClFN3O3. The number of carbonyl (C=O) groups excluding carboxylic acids is 2. The van der Waals surface area contributed by atoms with Crippen LogP contribution in [0.1, 0.15) is 28.8 Å². The van der Waals surface area contributed by atoms with Gasteiger partial charge in [-0.25, -0.2) is 4.39 Å². The van der Waals surface area contributed by atoms with Crippen LogP contribution < -0.4 is 5.32 Å². The van der Waals surface area contributed by atoms with Crippen molar-refractivity contribution >= 4 is 35.2 Å². The topological polar surface area (TPSA) is 77.1 Å². The van der Waals surface area contributed by atoms with Gasteiger partial charge in [0, 0.05) is 25.3 Å². The molecule has 2 heterocycles. The highest BCUT2D eigenvalue weighted by Crippen LogP contribution is 2.18. The molecule has 8 heteroatoms. The lowest BCUT2D eigenvalue weighted by Gasteiger charge is -2.00. The zero-order valence-corrected chi connectivity index (χ0v) is 15.0. The third-order valence-electron chi connectivity index (χ3n) is 3.60. The molecule has 0 unspecified atom stereocenters. The van der Waals surface area contributed by atoms with E-state index < -0.39 is 11.7 Å². The first-order valence-electron chi connectivity index (χ1n) is 7.98. The van der Waals surface area contributed by atoms with Crippen molar-refractivity contribution in [3.63, 3.8) is 0 Å². The predicted octanol–water partition coefficient (Wildman–Crippen LogP) is 4.17. The number of ketones is 1. The van der Waals surface area contributed by atoms with Gasteiger partial charge in [-0.3, -0.25) is 14.3 Å². The summed E-state index contributed by atoms with van der Waals surface area (Å²) in [6.45, 7) is 1.75. The number of nitrogens with zero attached hydrogens (tertiary/aromatic N) is 2. The summed E-state index contributed by atoms with van der Waals surface area (Å²) >= 11 is 5.91. The number of Topliss-reactive ketones (excluding diaryl/α,β-unsaturated/α-hetero) is 1. The van der Waals surface area contributed by atoms with E-state index in [1.807, 2.05) is 0 Å². The van der Waals surface area contributed by atoms with E-state index in [4.69, 9.17) is 16.0 Å². The summed E-state index contributed by atoms with van der Waals surface area (Å²) < 4.78 is 20.0. The number of furan rings is 1. The number of amides is 1. The summed E-state index contributed by atoms with van der Waals surface area (Å²) in [5, 5.41) is 7.04. The van der Waals surface area contributed by atoms with Crippen LogP contribution in [0.4, 0.5) is 10.2 Å². The molecule has 0 saturated heterocycles. The Kier molecular flexibility index (Phi) is 5.52. The number of rotatable bonds is 6. The number of hydrogen-bond donors (Lipinski definition) is 1. The molecule has 1 N–H and O–H groups in total. The van der Waals surface area contributed by atoms with Crippen LogP contribution in [-0.2, 0) is 11.3 Å². The molecule has 0 bridgehead atoms. The summed E-state index contributed by atoms with van der Waals surface area (Å²) in [5.74, 6) is 0.217. The Hall–Kier alpha value is -3.19. The van der Waals surface area contributed by atoms with Crippen molar-refractivity contribution in [1.82, 2.24) is 9.78 Å². The van der Waals surface area contributed by atoms with Gasteiger partial charge in [0.1, 0.15) is 11.6 Å². The van der Waals surface area contributed by atoms with Crippen molar-refractivity contribution in [3.8, 4) is 0 Å². The summed E-state index contributed by atoms with van der Waals surface area (Å²) in [6.07, 6.45) is 4.44. The Morgan fingerprint density at radius 1 is 1.30 bits per heavy atom. The summed E-state index contributed by atoms with van der Waals surface area (Å²) in [6, 6.07) is 8.85. The molecule has 0 aliphatic rings. The minimum atomic E-state index is -0.445. The number of carbonyl (C=O) groups is 2.